The summed E-state index contributed by atoms with van der Waals surface area (Å²) in [5, 5.41) is 8.57. The van der Waals surface area contributed by atoms with Gasteiger partial charge in [0.05, 0.1) is 0 Å². The molecule has 22 heavy (non-hydrogen) atoms. The lowest BCUT2D eigenvalue weighted by Crippen LogP contribution is -2.14. The Hall–Kier alpha value is -1.58. The van der Waals surface area contributed by atoms with E-state index < -0.39 is 5.97 Å². The third-order valence-electron chi connectivity index (χ3n) is 4.15. The van der Waals surface area contributed by atoms with Crippen LogP contribution in [-0.2, 0) is 14.3 Å². The molecule has 0 bridgehead atoms. The largest absolute Gasteiger partial charge is 0.478 e. The number of carboxylic acid groups (broad SMARTS) is 1. The van der Waals surface area contributed by atoms with Crippen molar-refractivity contribution >= 4 is 11.9 Å². The van der Waals surface area contributed by atoms with Gasteiger partial charge in [-0.1, -0.05) is 25.5 Å². The van der Waals surface area contributed by atoms with Crippen molar-refractivity contribution < 1.29 is 19.4 Å². The Morgan fingerprint density at radius 2 is 1.55 bits per heavy atom. The fourth-order valence-electron chi connectivity index (χ4n) is 2.81. The fourth-order valence-corrected chi connectivity index (χ4v) is 2.81. The number of aliphatic carboxylic acids is 1. The number of allylic oxidation sites excluding steroid dienone is 1. The van der Waals surface area contributed by atoms with Crippen LogP contribution >= 0.6 is 0 Å². The van der Waals surface area contributed by atoms with Crippen molar-refractivity contribution in [3.8, 4) is 0 Å². The quantitative estimate of drug-likeness (QED) is 0.622. The molecule has 0 aliphatic heterocycles. The standard InChI is InChI=1S/2C9H14O2/c1-7(2)9(10)11-8-5-3-4-6-8;1-7(9(10)11)6-8-4-2-3-5-8/h8H,1,3-6H2,2H3;6,8H,2-5H2,1H3,(H,10,11). The van der Waals surface area contributed by atoms with E-state index in [9.17, 15) is 9.59 Å². The summed E-state index contributed by atoms with van der Waals surface area (Å²) in [6.45, 7) is 6.87. The lowest BCUT2D eigenvalue weighted by Gasteiger charge is -2.10. The van der Waals surface area contributed by atoms with Gasteiger partial charge in [0.2, 0.25) is 0 Å². The van der Waals surface area contributed by atoms with E-state index in [-0.39, 0.29) is 12.1 Å². The van der Waals surface area contributed by atoms with Gasteiger partial charge < -0.3 is 9.84 Å². The fraction of sp³-hybridized carbons (Fsp3) is 0.667. The molecule has 2 aliphatic carbocycles. The zero-order valence-corrected chi connectivity index (χ0v) is 13.8. The third-order valence-corrected chi connectivity index (χ3v) is 4.15. The summed E-state index contributed by atoms with van der Waals surface area (Å²) in [5.74, 6) is -0.486. The molecule has 2 fully saturated rings. The van der Waals surface area contributed by atoms with Crippen LogP contribution < -0.4 is 0 Å². The van der Waals surface area contributed by atoms with Crippen molar-refractivity contribution in [1.82, 2.24) is 0 Å². The monoisotopic (exact) mass is 308 g/mol. The Morgan fingerprint density at radius 3 is 2.00 bits per heavy atom. The van der Waals surface area contributed by atoms with Crippen molar-refractivity contribution in [2.45, 2.75) is 71.3 Å². The average molecular weight is 308 g/mol. The van der Waals surface area contributed by atoms with Gasteiger partial charge in [-0.3, -0.25) is 0 Å². The van der Waals surface area contributed by atoms with Crippen LogP contribution in [0.4, 0.5) is 0 Å². The lowest BCUT2D eigenvalue weighted by atomic mass is 10.1. The lowest BCUT2D eigenvalue weighted by molar-refractivity contribution is -0.143. The van der Waals surface area contributed by atoms with Gasteiger partial charge in [-0.2, -0.15) is 0 Å². The maximum Gasteiger partial charge on any atom is 0.333 e. The number of esters is 1. The molecular formula is C18H28O4. The Labute approximate surface area is 133 Å². The molecule has 0 atom stereocenters. The highest BCUT2D eigenvalue weighted by molar-refractivity contribution is 5.87. The second kappa shape index (κ2) is 9.44. The number of carbonyl (C=O) groups excluding carboxylic acids is 1. The molecule has 0 heterocycles. The number of carboxylic acids is 1. The number of carbonyl (C=O) groups is 2. The molecule has 2 rings (SSSR count). The minimum Gasteiger partial charge on any atom is -0.478 e. The van der Waals surface area contributed by atoms with Crippen LogP contribution in [0.15, 0.2) is 23.8 Å². The highest BCUT2D eigenvalue weighted by Crippen LogP contribution is 2.26. The van der Waals surface area contributed by atoms with Crippen LogP contribution in [0.3, 0.4) is 0 Å². The van der Waals surface area contributed by atoms with Crippen molar-refractivity contribution in [2.75, 3.05) is 0 Å². The molecule has 0 aromatic heterocycles. The molecule has 2 saturated carbocycles. The first-order chi connectivity index (χ1) is 10.4. The van der Waals surface area contributed by atoms with Crippen molar-refractivity contribution in [1.29, 1.82) is 0 Å². The van der Waals surface area contributed by atoms with Crippen LogP contribution in [0.25, 0.3) is 0 Å². The first-order valence-corrected chi connectivity index (χ1v) is 8.18. The van der Waals surface area contributed by atoms with E-state index in [1.54, 1.807) is 13.8 Å². The predicted octanol–water partition coefficient (Wildman–Crippen LogP) is 4.26. The number of hydrogen-bond acceptors (Lipinski definition) is 3. The van der Waals surface area contributed by atoms with E-state index >= 15 is 0 Å². The van der Waals surface area contributed by atoms with Gasteiger partial charge in [0.15, 0.2) is 0 Å². The topological polar surface area (TPSA) is 63.6 Å². The van der Waals surface area contributed by atoms with E-state index in [1.807, 2.05) is 6.08 Å². The smallest absolute Gasteiger partial charge is 0.333 e. The normalized spacial score (nSPS) is 19.5. The van der Waals surface area contributed by atoms with Gasteiger partial charge in [-0.25, -0.2) is 9.59 Å². The van der Waals surface area contributed by atoms with Gasteiger partial charge in [0.1, 0.15) is 6.10 Å². The van der Waals surface area contributed by atoms with Crippen LogP contribution in [0.1, 0.15) is 65.2 Å². The maximum absolute atomic E-state index is 11.0. The second-order valence-corrected chi connectivity index (χ2v) is 6.29. The summed E-state index contributed by atoms with van der Waals surface area (Å²) in [7, 11) is 0. The van der Waals surface area contributed by atoms with Gasteiger partial charge in [-0.15, -0.1) is 0 Å². The minimum absolute atomic E-state index is 0.166. The van der Waals surface area contributed by atoms with Gasteiger partial charge >= 0.3 is 11.9 Å². The second-order valence-electron chi connectivity index (χ2n) is 6.29. The van der Waals surface area contributed by atoms with E-state index in [2.05, 4.69) is 6.58 Å². The molecule has 2 aliphatic rings. The molecule has 0 spiro atoms. The Bertz CT molecular complexity index is 424. The zero-order valence-electron chi connectivity index (χ0n) is 13.8. The van der Waals surface area contributed by atoms with Crippen LogP contribution in [-0.4, -0.2) is 23.1 Å². The highest BCUT2D eigenvalue weighted by Gasteiger charge is 2.19. The van der Waals surface area contributed by atoms with Crippen molar-refractivity contribution in [2.24, 2.45) is 5.92 Å². The Morgan fingerprint density at radius 1 is 1.05 bits per heavy atom. The first-order valence-electron chi connectivity index (χ1n) is 8.18. The zero-order chi connectivity index (χ0) is 16.5. The van der Waals surface area contributed by atoms with Crippen molar-refractivity contribution in [3.63, 3.8) is 0 Å². The first kappa shape index (κ1) is 18.5. The van der Waals surface area contributed by atoms with Crippen molar-refractivity contribution in [3.05, 3.63) is 23.8 Å². The van der Waals surface area contributed by atoms with Gasteiger partial charge in [0, 0.05) is 11.1 Å². The molecule has 0 radical (unpaired) electrons. The Kier molecular flexibility index (Phi) is 7.92. The van der Waals surface area contributed by atoms with Crippen LogP contribution in [0.5, 0.6) is 0 Å². The van der Waals surface area contributed by atoms with E-state index in [4.69, 9.17) is 9.84 Å². The minimum atomic E-state index is -0.781. The molecule has 0 amide bonds. The SMILES string of the molecule is C=C(C)C(=O)OC1CCCC1.CC(=CC1CCCC1)C(=O)O. The summed E-state index contributed by atoms with van der Waals surface area (Å²) < 4.78 is 5.13. The summed E-state index contributed by atoms with van der Waals surface area (Å²) in [6, 6.07) is 0. The molecule has 0 aromatic carbocycles. The summed E-state index contributed by atoms with van der Waals surface area (Å²) in [4.78, 5) is 21.4. The summed E-state index contributed by atoms with van der Waals surface area (Å²) in [6.07, 6.45) is 11.4. The highest BCUT2D eigenvalue weighted by atomic mass is 16.5. The average Bonchev–Trinajstić information content (AvgIpc) is 3.12. The molecule has 0 aromatic rings. The summed E-state index contributed by atoms with van der Waals surface area (Å²) >= 11 is 0. The third kappa shape index (κ3) is 6.92. The molecule has 124 valence electrons. The van der Waals surface area contributed by atoms with E-state index in [0.717, 1.165) is 12.8 Å². The molecule has 0 unspecified atom stereocenters. The predicted molar refractivity (Wildman–Crippen MR) is 86.5 cm³/mol. The molecular weight excluding hydrogens is 280 g/mol. The summed E-state index contributed by atoms with van der Waals surface area (Å²) in [5.41, 5.74) is 0.994. The molecule has 0 saturated heterocycles. The number of ether oxygens (including phenoxy) is 1. The maximum atomic E-state index is 11.0. The number of rotatable bonds is 4. The molecule has 1 N–H and O–H groups in total. The van der Waals surface area contributed by atoms with E-state index in [1.165, 1.54) is 38.5 Å². The Balaban J connectivity index is 0.000000220. The van der Waals surface area contributed by atoms with E-state index in [0.29, 0.717) is 17.1 Å². The van der Waals surface area contributed by atoms with Crippen LogP contribution in [0.2, 0.25) is 0 Å². The molecule has 4 nitrogen and oxygen atoms in total. The molecule has 4 heteroatoms. The van der Waals surface area contributed by atoms with Gasteiger partial charge in [0.25, 0.3) is 0 Å². The number of hydrogen-bond donors (Lipinski definition) is 1. The van der Waals surface area contributed by atoms with Crippen LogP contribution in [0, 0.1) is 5.92 Å². The van der Waals surface area contributed by atoms with Gasteiger partial charge in [-0.05, 0) is 58.3 Å².